The Balaban J connectivity index is 1.95. The summed E-state index contributed by atoms with van der Waals surface area (Å²) in [4.78, 5) is 17.7. The Morgan fingerprint density at radius 3 is 2.43 bits per heavy atom. The van der Waals surface area contributed by atoms with Crippen LogP contribution < -0.4 is 10.4 Å². The number of aliphatic carboxylic acids is 1. The largest absolute Gasteiger partial charge is 0.479 e. The maximum Gasteiger partial charge on any atom is 0.337 e. The number of carboxylic acids is 1. The van der Waals surface area contributed by atoms with Crippen LogP contribution in [0.2, 0.25) is 0 Å². The number of benzene rings is 2. The number of carbonyl (C=O) groups is 1. The molecule has 2 aromatic carbocycles. The Hall–Kier alpha value is -3.38. The van der Waals surface area contributed by atoms with Crippen molar-refractivity contribution in [1.29, 1.82) is 0 Å². The molecule has 1 unspecified atom stereocenters. The minimum absolute atomic E-state index is 0.635. The van der Waals surface area contributed by atoms with Gasteiger partial charge in [-0.1, -0.05) is 36.4 Å². The first kappa shape index (κ1) is 24.7. The lowest BCUT2D eigenvalue weighted by Gasteiger charge is -2.36. The number of para-hydroxylation sites is 1. The second-order valence-electron chi connectivity index (χ2n) is 10.3. The topological polar surface area (TPSA) is 74.7 Å². The van der Waals surface area contributed by atoms with E-state index in [-0.39, 0.29) is 0 Å². The van der Waals surface area contributed by atoms with Gasteiger partial charge in [0, 0.05) is 28.9 Å². The van der Waals surface area contributed by atoms with Gasteiger partial charge in [0.15, 0.2) is 11.9 Å². The van der Waals surface area contributed by atoms with Gasteiger partial charge >= 0.3 is 5.97 Å². The molecule has 0 saturated heterocycles. The molecule has 1 atom stereocenters. The van der Waals surface area contributed by atoms with Crippen molar-refractivity contribution >= 4 is 17.5 Å². The summed E-state index contributed by atoms with van der Waals surface area (Å²) >= 11 is 0. The summed E-state index contributed by atoms with van der Waals surface area (Å²) in [6.07, 6.45) is 0.498. The van der Waals surface area contributed by atoms with Gasteiger partial charge in [-0.2, -0.15) is 0 Å². The van der Waals surface area contributed by atoms with E-state index in [0.717, 1.165) is 58.8 Å². The van der Waals surface area contributed by atoms with Crippen molar-refractivity contribution in [2.45, 2.75) is 66.1 Å². The molecule has 0 radical (unpaired) electrons. The number of hydrogen-bond acceptors (Lipinski definition) is 5. The number of ether oxygens (including phenoxy) is 1. The number of pyridine rings is 1. The third-order valence-electron chi connectivity index (χ3n) is 6.36. The van der Waals surface area contributed by atoms with Gasteiger partial charge in [0.2, 0.25) is 0 Å². The third-order valence-corrected chi connectivity index (χ3v) is 6.36. The average molecular weight is 474 g/mol. The number of nitrogens with one attached hydrogen (secondary N) is 1. The molecular formula is C29H35N3O3. The Morgan fingerprint density at radius 2 is 1.80 bits per heavy atom. The zero-order valence-electron chi connectivity index (χ0n) is 21.5. The van der Waals surface area contributed by atoms with Crippen LogP contribution in [0.25, 0.3) is 11.1 Å². The van der Waals surface area contributed by atoms with Gasteiger partial charge in [-0.3, -0.25) is 10.4 Å². The summed E-state index contributed by atoms with van der Waals surface area (Å²) in [5.74, 6) is -0.227. The van der Waals surface area contributed by atoms with Crippen LogP contribution in [0.15, 0.2) is 48.5 Å². The van der Waals surface area contributed by atoms with Gasteiger partial charge in [-0.15, -0.1) is 0 Å². The van der Waals surface area contributed by atoms with Crippen LogP contribution in [0.4, 0.5) is 11.5 Å². The first-order valence-electron chi connectivity index (χ1n) is 12.2. The molecular weight excluding hydrogens is 438 g/mol. The molecule has 1 aromatic heterocycles. The number of aromatic nitrogens is 1. The summed E-state index contributed by atoms with van der Waals surface area (Å²) in [5.41, 5.74) is 10.4. The summed E-state index contributed by atoms with van der Waals surface area (Å²) in [6, 6.07) is 16.2. The Labute approximate surface area is 207 Å². The van der Waals surface area contributed by atoms with Crippen molar-refractivity contribution < 1.29 is 14.6 Å². The number of fused-ring (bicyclic) bond motifs is 1. The molecule has 35 heavy (non-hydrogen) atoms. The minimum atomic E-state index is -1.11. The van der Waals surface area contributed by atoms with Gasteiger partial charge in [0.1, 0.15) is 0 Å². The summed E-state index contributed by atoms with van der Waals surface area (Å²) in [7, 11) is 0. The summed E-state index contributed by atoms with van der Waals surface area (Å²) in [6.45, 7) is 12.6. The minimum Gasteiger partial charge on any atom is -0.479 e. The molecule has 6 heteroatoms. The van der Waals surface area contributed by atoms with Gasteiger partial charge in [-0.05, 0) is 83.2 Å². The van der Waals surface area contributed by atoms with E-state index in [1.807, 2.05) is 63.0 Å². The molecule has 1 aliphatic heterocycles. The highest BCUT2D eigenvalue weighted by molar-refractivity contribution is 5.84. The maximum atomic E-state index is 12.7. The molecule has 6 nitrogen and oxygen atoms in total. The van der Waals surface area contributed by atoms with Crippen LogP contribution in [-0.4, -0.2) is 28.2 Å². The molecule has 4 rings (SSSR count). The zero-order chi connectivity index (χ0) is 25.3. The molecule has 0 amide bonds. The van der Waals surface area contributed by atoms with Crippen molar-refractivity contribution in [2.75, 3.05) is 17.0 Å². The zero-order valence-corrected chi connectivity index (χ0v) is 21.5. The Morgan fingerprint density at radius 1 is 1.09 bits per heavy atom. The third kappa shape index (κ3) is 5.33. The highest BCUT2D eigenvalue weighted by atomic mass is 16.5. The normalized spacial score (nSPS) is 14.4. The molecule has 0 fully saturated rings. The number of nitrogens with zero attached hydrogens (tertiary/aromatic N) is 2. The van der Waals surface area contributed by atoms with Crippen LogP contribution in [-0.2, 0) is 16.0 Å². The highest BCUT2D eigenvalue weighted by Gasteiger charge is 2.35. The monoisotopic (exact) mass is 473 g/mol. The van der Waals surface area contributed by atoms with E-state index in [0.29, 0.717) is 5.56 Å². The van der Waals surface area contributed by atoms with Crippen LogP contribution >= 0.6 is 0 Å². The fourth-order valence-electron chi connectivity index (χ4n) is 4.65. The predicted molar refractivity (Wildman–Crippen MR) is 141 cm³/mol. The molecule has 184 valence electrons. The average Bonchev–Trinajstić information content (AvgIpc) is 2.79. The van der Waals surface area contributed by atoms with E-state index in [4.69, 9.17) is 9.72 Å². The second-order valence-corrected chi connectivity index (χ2v) is 10.3. The number of hydrazine groups is 1. The lowest BCUT2D eigenvalue weighted by molar-refractivity contribution is -0.160. The van der Waals surface area contributed by atoms with Gasteiger partial charge < -0.3 is 9.84 Å². The lowest BCUT2D eigenvalue weighted by Crippen LogP contribution is -2.37. The van der Waals surface area contributed by atoms with Gasteiger partial charge in [-0.25, -0.2) is 9.78 Å². The first-order valence-corrected chi connectivity index (χ1v) is 12.2. The smallest absolute Gasteiger partial charge is 0.337 e. The number of aryl methyl sites for hydroxylation is 3. The first-order chi connectivity index (χ1) is 16.5. The maximum absolute atomic E-state index is 12.7. The van der Waals surface area contributed by atoms with Crippen LogP contribution in [0.5, 0.6) is 0 Å². The van der Waals surface area contributed by atoms with E-state index < -0.39 is 17.7 Å². The quantitative estimate of drug-likeness (QED) is 0.432. The SMILES string of the molecule is Cc1ccc(-c2c(C)nc3c(c2C(OC(C)(C)C)C(=O)O)CCCN3Nc2ccccc2)cc1C. The standard InChI is InChI=1S/C29H35N3O3/c1-18-14-15-21(17-19(18)2)24-20(3)30-27-23(25(24)26(28(33)34)35-29(4,5)6)13-10-16-32(27)31-22-11-8-7-9-12-22/h7-9,11-12,14-15,17,26,31H,10,13,16H2,1-6H3,(H,33,34). The molecule has 1 aliphatic rings. The fourth-order valence-corrected chi connectivity index (χ4v) is 4.65. The predicted octanol–water partition coefficient (Wildman–Crippen LogP) is 6.39. The van der Waals surface area contributed by atoms with Crippen LogP contribution in [0.3, 0.4) is 0 Å². The van der Waals surface area contributed by atoms with Gasteiger partial charge in [0.05, 0.1) is 11.3 Å². The van der Waals surface area contributed by atoms with Crippen molar-refractivity contribution in [2.24, 2.45) is 0 Å². The van der Waals surface area contributed by atoms with E-state index in [1.54, 1.807) is 0 Å². The van der Waals surface area contributed by atoms with Crippen molar-refractivity contribution in [3.05, 3.63) is 76.5 Å². The molecule has 0 saturated carbocycles. The van der Waals surface area contributed by atoms with Gasteiger partial charge in [0.25, 0.3) is 0 Å². The van der Waals surface area contributed by atoms with Crippen molar-refractivity contribution in [3.8, 4) is 11.1 Å². The fraction of sp³-hybridized carbons (Fsp3) is 0.379. The lowest BCUT2D eigenvalue weighted by atomic mass is 9.87. The van der Waals surface area contributed by atoms with E-state index in [1.165, 1.54) is 5.56 Å². The molecule has 0 bridgehead atoms. The van der Waals surface area contributed by atoms with Crippen molar-refractivity contribution in [3.63, 3.8) is 0 Å². The van der Waals surface area contributed by atoms with E-state index in [9.17, 15) is 9.90 Å². The highest BCUT2D eigenvalue weighted by Crippen LogP contribution is 2.42. The number of carboxylic acid groups (broad SMARTS) is 1. The van der Waals surface area contributed by atoms with E-state index in [2.05, 4.69) is 37.5 Å². The summed E-state index contributed by atoms with van der Waals surface area (Å²) in [5, 5.41) is 12.4. The van der Waals surface area contributed by atoms with Crippen molar-refractivity contribution in [1.82, 2.24) is 4.98 Å². The van der Waals surface area contributed by atoms with E-state index >= 15 is 0 Å². The number of hydrogen-bond donors (Lipinski definition) is 2. The molecule has 0 spiro atoms. The Bertz CT molecular complexity index is 1230. The molecule has 2 N–H and O–H groups in total. The molecule has 3 aromatic rings. The number of anilines is 2. The Kier molecular flexibility index (Phi) is 6.86. The van der Waals surface area contributed by atoms with Crippen LogP contribution in [0.1, 0.15) is 61.2 Å². The summed E-state index contributed by atoms with van der Waals surface area (Å²) < 4.78 is 6.21. The van der Waals surface area contributed by atoms with Crippen LogP contribution in [0, 0.1) is 20.8 Å². The molecule has 2 heterocycles. The molecule has 0 aliphatic carbocycles. The number of rotatable bonds is 6. The second kappa shape index (κ2) is 9.70.